The van der Waals surface area contributed by atoms with Crippen LogP contribution < -0.4 is 5.32 Å². The first-order valence-corrected chi connectivity index (χ1v) is 8.05. The molecule has 7 heteroatoms. The zero-order valence-electron chi connectivity index (χ0n) is 14.0. The fourth-order valence-electron chi connectivity index (χ4n) is 2.42. The van der Waals surface area contributed by atoms with Gasteiger partial charge in [0.2, 0.25) is 0 Å². The number of halogens is 2. The number of fused-ring (bicyclic) bond motifs is 1. The molecule has 5 nitrogen and oxygen atoms in total. The molecule has 0 spiro atoms. The number of rotatable bonds is 2. The highest BCUT2D eigenvalue weighted by molar-refractivity contribution is 6.30. The van der Waals surface area contributed by atoms with Gasteiger partial charge in [-0.25, -0.2) is 13.7 Å². The Labute approximate surface area is 149 Å². The molecule has 0 aliphatic carbocycles. The van der Waals surface area contributed by atoms with Crippen LogP contribution in [0.5, 0.6) is 0 Å². The molecule has 0 aliphatic heterocycles. The van der Waals surface area contributed by atoms with Crippen LogP contribution in [0.15, 0.2) is 42.6 Å². The standard InChI is InChI=1S/C18H17ClFN3O2/c1-18(2,3)25-17(24)21-16-15(11-7-8-12(19)13(20)10-11)14-6-4-5-9-23(14)22-16/h4-10H,1-3H3,(H,21,22,24). The van der Waals surface area contributed by atoms with Gasteiger partial charge in [0.15, 0.2) is 5.82 Å². The van der Waals surface area contributed by atoms with Crippen molar-refractivity contribution in [2.75, 3.05) is 5.32 Å². The first-order valence-electron chi connectivity index (χ1n) is 7.67. The van der Waals surface area contributed by atoms with E-state index in [1.54, 1.807) is 37.5 Å². The molecule has 0 radical (unpaired) electrons. The van der Waals surface area contributed by atoms with Crippen molar-refractivity contribution in [3.8, 4) is 11.1 Å². The first kappa shape index (κ1) is 17.2. The molecular formula is C18H17ClFN3O2. The summed E-state index contributed by atoms with van der Waals surface area (Å²) in [7, 11) is 0. The smallest absolute Gasteiger partial charge is 0.413 e. The molecule has 1 amide bonds. The number of hydrogen-bond donors (Lipinski definition) is 1. The monoisotopic (exact) mass is 361 g/mol. The quantitative estimate of drug-likeness (QED) is 0.687. The zero-order valence-corrected chi connectivity index (χ0v) is 14.8. The molecule has 25 heavy (non-hydrogen) atoms. The van der Waals surface area contributed by atoms with Gasteiger partial charge in [-0.05, 0) is 50.6 Å². The summed E-state index contributed by atoms with van der Waals surface area (Å²) in [6.07, 6.45) is 1.11. The molecule has 2 aromatic heterocycles. The van der Waals surface area contributed by atoms with E-state index in [9.17, 15) is 9.18 Å². The molecule has 0 bridgehead atoms. The number of carbonyl (C=O) groups is 1. The molecular weight excluding hydrogens is 345 g/mol. The van der Waals surface area contributed by atoms with E-state index < -0.39 is 17.5 Å². The average molecular weight is 362 g/mol. The van der Waals surface area contributed by atoms with Crippen molar-refractivity contribution < 1.29 is 13.9 Å². The lowest BCUT2D eigenvalue weighted by atomic mass is 10.1. The number of pyridine rings is 1. The lowest BCUT2D eigenvalue weighted by Gasteiger charge is -2.19. The van der Waals surface area contributed by atoms with Crippen LogP contribution in [0.25, 0.3) is 16.6 Å². The molecule has 0 saturated carbocycles. The number of anilines is 1. The number of aromatic nitrogens is 2. The molecule has 0 fully saturated rings. The minimum absolute atomic E-state index is 0.0295. The Morgan fingerprint density at radius 2 is 2.04 bits per heavy atom. The van der Waals surface area contributed by atoms with Crippen molar-refractivity contribution in [3.63, 3.8) is 0 Å². The van der Waals surface area contributed by atoms with Crippen LogP contribution in [-0.4, -0.2) is 21.3 Å². The lowest BCUT2D eigenvalue weighted by molar-refractivity contribution is 0.0635. The second kappa shape index (κ2) is 6.37. The van der Waals surface area contributed by atoms with Gasteiger partial charge in [0.25, 0.3) is 0 Å². The largest absolute Gasteiger partial charge is 0.444 e. The fraction of sp³-hybridized carbons (Fsp3) is 0.222. The van der Waals surface area contributed by atoms with Gasteiger partial charge in [-0.3, -0.25) is 5.32 Å². The number of amides is 1. The molecule has 3 rings (SSSR count). The fourth-order valence-corrected chi connectivity index (χ4v) is 2.54. The van der Waals surface area contributed by atoms with E-state index in [1.165, 1.54) is 12.1 Å². The van der Waals surface area contributed by atoms with Crippen molar-refractivity contribution in [1.29, 1.82) is 0 Å². The molecule has 0 atom stereocenters. The molecule has 3 aromatic rings. The molecule has 1 N–H and O–H groups in total. The van der Waals surface area contributed by atoms with Crippen molar-refractivity contribution in [1.82, 2.24) is 9.61 Å². The second-order valence-corrected chi connectivity index (χ2v) is 6.92. The molecule has 2 heterocycles. The third-order valence-electron chi connectivity index (χ3n) is 3.37. The molecule has 0 unspecified atom stereocenters. The van der Waals surface area contributed by atoms with Crippen molar-refractivity contribution in [2.45, 2.75) is 26.4 Å². The predicted molar refractivity (Wildman–Crippen MR) is 95.5 cm³/mol. The maximum Gasteiger partial charge on any atom is 0.413 e. The normalized spacial score (nSPS) is 11.6. The van der Waals surface area contributed by atoms with E-state index in [0.717, 1.165) is 5.52 Å². The van der Waals surface area contributed by atoms with E-state index in [0.29, 0.717) is 11.1 Å². The van der Waals surface area contributed by atoms with E-state index in [-0.39, 0.29) is 10.8 Å². The highest BCUT2D eigenvalue weighted by atomic mass is 35.5. The molecule has 130 valence electrons. The van der Waals surface area contributed by atoms with Gasteiger partial charge in [0.05, 0.1) is 16.1 Å². The van der Waals surface area contributed by atoms with Crippen LogP contribution in [0.1, 0.15) is 20.8 Å². The first-order chi connectivity index (χ1) is 11.7. The number of nitrogens with zero attached hydrogens (tertiary/aromatic N) is 2. The van der Waals surface area contributed by atoms with Crippen LogP contribution >= 0.6 is 11.6 Å². The number of carbonyl (C=O) groups excluding carboxylic acids is 1. The van der Waals surface area contributed by atoms with Crippen LogP contribution in [0, 0.1) is 5.82 Å². The second-order valence-electron chi connectivity index (χ2n) is 6.51. The summed E-state index contributed by atoms with van der Waals surface area (Å²) in [5.41, 5.74) is 1.21. The van der Waals surface area contributed by atoms with Crippen LogP contribution in [0.2, 0.25) is 5.02 Å². The molecule has 0 saturated heterocycles. The lowest BCUT2D eigenvalue weighted by Crippen LogP contribution is -2.27. The number of benzene rings is 1. The maximum atomic E-state index is 13.9. The van der Waals surface area contributed by atoms with E-state index in [4.69, 9.17) is 16.3 Å². The van der Waals surface area contributed by atoms with Gasteiger partial charge < -0.3 is 4.74 Å². The van der Waals surface area contributed by atoms with E-state index >= 15 is 0 Å². The Morgan fingerprint density at radius 3 is 2.72 bits per heavy atom. The Morgan fingerprint density at radius 1 is 1.28 bits per heavy atom. The van der Waals surface area contributed by atoms with Gasteiger partial charge in [-0.2, -0.15) is 0 Å². The molecule has 0 aliphatic rings. The third kappa shape index (κ3) is 3.74. The number of hydrogen-bond acceptors (Lipinski definition) is 3. The zero-order chi connectivity index (χ0) is 18.2. The van der Waals surface area contributed by atoms with Crippen molar-refractivity contribution >= 4 is 29.0 Å². The SMILES string of the molecule is CC(C)(C)OC(=O)Nc1nn2ccccc2c1-c1ccc(Cl)c(F)c1. The van der Waals surface area contributed by atoms with Gasteiger partial charge in [0.1, 0.15) is 11.4 Å². The van der Waals surface area contributed by atoms with Gasteiger partial charge >= 0.3 is 6.09 Å². The summed E-state index contributed by atoms with van der Waals surface area (Å²) in [4.78, 5) is 12.1. The predicted octanol–water partition coefficient (Wildman–Crippen LogP) is 5.14. The third-order valence-corrected chi connectivity index (χ3v) is 3.67. The maximum absolute atomic E-state index is 13.9. The summed E-state index contributed by atoms with van der Waals surface area (Å²) >= 11 is 5.77. The molecule has 1 aromatic carbocycles. The van der Waals surface area contributed by atoms with Gasteiger partial charge in [-0.15, -0.1) is 5.10 Å². The summed E-state index contributed by atoms with van der Waals surface area (Å²) in [6, 6.07) is 9.93. The minimum atomic E-state index is -0.643. The van der Waals surface area contributed by atoms with Gasteiger partial charge in [0, 0.05) is 6.20 Å². The van der Waals surface area contributed by atoms with E-state index in [2.05, 4.69) is 10.4 Å². The van der Waals surface area contributed by atoms with Crippen molar-refractivity contribution in [2.24, 2.45) is 0 Å². The Kier molecular flexibility index (Phi) is 4.39. The summed E-state index contributed by atoms with van der Waals surface area (Å²) in [6.45, 7) is 5.31. The Balaban J connectivity index is 2.09. The minimum Gasteiger partial charge on any atom is -0.444 e. The highest BCUT2D eigenvalue weighted by Gasteiger charge is 2.21. The van der Waals surface area contributed by atoms with Gasteiger partial charge in [-0.1, -0.05) is 23.7 Å². The van der Waals surface area contributed by atoms with Crippen LogP contribution in [0.3, 0.4) is 0 Å². The van der Waals surface area contributed by atoms with Crippen LogP contribution in [0.4, 0.5) is 15.0 Å². The highest BCUT2D eigenvalue weighted by Crippen LogP contribution is 2.34. The van der Waals surface area contributed by atoms with E-state index in [1.807, 2.05) is 18.2 Å². The summed E-state index contributed by atoms with van der Waals surface area (Å²) in [5.74, 6) is -0.264. The number of ether oxygens (including phenoxy) is 1. The number of nitrogens with one attached hydrogen (secondary N) is 1. The Bertz CT molecular complexity index is 947. The van der Waals surface area contributed by atoms with Crippen molar-refractivity contribution in [3.05, 3.63) is 53.4 Å². The Hall–Kier alpha value is -2.60. The summed E-state index contributed by atoms with van der Waals surface area (Å²) < 4.78 is 20.8. The topological polar surface area (TPSA) is 55.6 Å². The van der Waals surface area contributed by atoms with Crippen LogP contribution in [-0.2, 0) is 4.74 Å². The summed E-state index contributed by atoms with van der Waals surface area (Å²) in [5, 5.41) is 7.03. The average Bonchev–Trinajstić information content (AvgIpc) is 2.85.